The van der Waals surface area contributed by atoms with Gasteiger partial charge in [-0.05, 0) is 20.3 Å². The molecule has 0 unspecified atom stereocenters. The van der Waals surface area contributed by atoms with Gasteiger partial charge in [0.05, 0.1) is 0 Å². The van der Waals surface area contributed by atoms with Crippen LogP contribution in [-0.4, -0.2) is 48.5 Å². The summed E-state index contributed by atoms with van der Waals surface area (Å²) in [6.07, 6.45) is 2.53. The second-order valence-electron chi connectivity index (χ2n) is 4.29. The molecule has 0 atom stereocenters. The fraction of sp³-hybridized carbons (Fsp3) is 0.909. The summed E-state index contributed by atoms with van der Waals surface area (Å²) < 4.78 is 0. The third-order valence-electron chi connectivity index (χ3n) is 2.48. The second kappa shape index (κ2) is 5.23. The monoisotopic (exact) mass is 197 g/mol. The summed E-state index contributed by atoms with van der Waals surface area (Å²) in [6, 6.07) is 0.398. The molecule has 1 saturated heterocycles. The number of guanidine groups is 1. The summed E-state index contributed by atoms with van der Waals surface area (Å²) in [6.45, 7) is 9.93. The normalized spacial score (nSPS) is 20.2. The van der Waals surface area contributed by atoms with Gasteiger partial charge in [0.15, 0.2) is 5.96 Å². The molecule has 0 amide bonds. The van der Waals surface area contributed by atoms with Crippen LogP contribution in [-0.2, 0) is 0 Å². The zero-order chi connectivity index (χ0) is 10.6. The minimum atomic E-state index is 0.398. The maximum absolute atomic E-state index is 4.66. The average molecular weight is 197 g/mol. The molecule has 1 fully saturated rings. The molecular weight excluding hydrogens is 174 g/mol. The zero-order valence-corrected chi connectivity index (χ0v) is 9.95. The molecule has 0 N–H and O–H groups in total. The Morgan fingerprint density at radius 3 is 2.64 bits per heavy atom. The highest BCUT2D eigenvalue weighted by Crippen LogP contribution is 2.09. The molecular formula is C11H23N3. The van der Waals surface area contributed by atoms with Crippen molar-refractivity contribution in [2.75, 3.05) is 26.7 Å². The van der Waals surface area contributed by atoms with E-state index in [0.29, 0.717) is 6.04 Å². The van der Waals surface area contributed by atoms with Crippen LogP contribution in [0.4, 0.5) is 0 Å². The van der Waals surface area contributed by atoms with Gasteiger partial charge in [-0.1, -0.05) is 13.3 Å². The minimum absolute atomic E-state index is 0.398. The van der Waals surface area contributed by atoms with Crippen molar-refractivity contribution >= 4 is 5.96 Å². The lowest BCUT2D eigenvalue weighted by Gasteiger charge is -2.21. The number of hydrogen-bond acceptors (Lipinski definition) is 1. The topological polar surface area (TPSA) is 18.8 Å². The minimum Gasteiger partial charge on any atom is -0.344 e. The first-order chi connectivity index (χ1) is 6.65. The lowest BCUT2D eigenvalue weighted by Crippen LogP contribution is -2.33. The van der Waals surface area contributed by atoms with E-state index < -0.39 is 0 Å². The Kier molecular flexibility index (Phi) is 4.23. The largest absolute Gasteiger partial charge is 0.344 e. The summed E-state index contributed by atoms with van der Waals surface area (Å²) in [4.78, 5) is 9.33. The fourth-order valence-corrected chi connectivity index (χ4v) is 1.68. The van der Waals surface area contributed by atoms with E-state index in [0.717, 1.165) is 19.6 Å². The van der Waals surface area contributed by atoms with Crippen molar-refractivity contribution in [1.82, 2.24) is 9.80 Å². The molecule has 3 heteroatoms. The number of hydrogen-bond donors (Lipinski definition) is 0. The van der Waals surface area contributed by atoms with Crippen LogP contribution in [0.3, 0.4) is 0 Å². The molecule has 0 radical (unpaired) electrons. The summed E-state index contributed by atoms with van der Waals surface area (Å²) >= 11 is 0. The number of likely N-dealkylation sites (N-methyl/N-ethyl adjacent to an activating group) is 1. The van der Waals surface area contributed by atoms with Crippen LogP contribution in [0.1, 0.15) is 33.6 Å². The zero-order valence-electron chi connectivity index (χ0n) is 9.95. The van der Waals surface area contributed by atoms with E-state index in [2.05, 4.69) is 42.6 Å². The van der Waals surface area contributed by atoms with Crippen molar-refractivity contribution < 1.29 is 0 Å². The predicted octanol–water partition coefficient (Wildman–Crippen LogP) is 1.80. The van der Waals surface area contributed by atoms with E-state index in [9.17, 15) is 0 Å². The van der Waals surface area contributed by atoms with E-state index in [1.807, 2.05) is 0 Å². The Labute approximate surface area is 87.8 Å². The van der Waals surface area contributed by atoms with Crippen molar-refractivity contribution in [3.05, 3.63) is 0 Å². The predicted molar refractivity (Wildman–Crippen MR) is 61.7 cm³/mol. The molecule has 1 rings (SSSR count). The maximum atomic E-state index is 4.66. The van der Waals surface area contributed by atoms with Gasteiger partial charge >= 0.3 is 0 Å². The van der Waals surface area contributed by atoms with Crippen LogP contribution in [0.15, 0.2) is 4.99 Å². The van der Waals surface area contributed by atoms with E-state index in [1.54, 1.807) is 0 Å². The van der Waals surface area contributed by atoms with Crippen molar-refractivity contribution in [1.29, 1.82) is 0 Å². The number of rotatable bonds is 4. The Bertz CT molecular complexity index is 199. The Balaban J connectivity index is 2.57. The Hall–Kier alpha value is -0.730. The van der Waals surface area contributed by atoms with Crippen molar-refractivity contribution in [3.8, 4) is 0 Å². The number of unbranched alkanes of at least 4 members (excludes halogenated alkanes) is 1. The molecule has 0 bridgehead atoms. The molecule has 0 aromatic carbocycles. The van der Waals surface area contributed by atoms with Crippen molar-refractivity contribution in [3.63, 3.8) is 0 Å². The average Bonchev–Trinajstić information content (AvgIpc) is 2.45. The van der Waals surface area contributed by atoms with E-state index in [4.69, 9.17) is 0 Å². The third kappa shape index (κ3) is 2.89. The highest BCUT2D eigenvalue weighted by atomic mass is 15.4. The van der Waals surface area contributed by atoms with Gasteiger partial charge in [-0.15, -0.1) is 0 Å². The molecule has 14 heavy (non-hydrogen) atoms. The van der Waals surface area contributed by atoms with Gasteiger partial charge in [-0.25, -0.2) is 0 Å². The van der Waals surface area contributed by atoms with Gasteiger partial charge in [0.2, 0.25) is 0 Å². The third-order valence-corrected chi connectivity index (χ3v) is 2.48. The Morgan fingerprint density at radius 1 is 1.36 bits per heavy atom. The number of nitrogens with zero attached hydrogens (tertiary/aromatic N) is 3. The summed E-state index contributed by atoms with van der Waals surface area (Å²) in [5, 5.41) is 0. The first kappa shape index (κ1) is 11.3. The quantitative estimate of drug-likeness (QED) is 0.684. The SMILES string of the molecule is CCCCN1CCN(C)/C1=N\C(C)C. The highest BCUT2D eigenvalue weighted by molar-refractivity contribution is 5.81. The molecule has 0 saturated carbocycles. The fourth-order valence-electron chi connectivity index (χ4n) is 1.68. The molecule has 1 heterocycles. The summed E-state index contributed by atoms with van der Waals surface area (Å²) in [7, 11) is 2.13. The van der Waals surface area contributed by atoms with Gasteiger partial charge in [-0.2, -0.15) is 0 Å². The van der Waals surface area contributed by atoms with Crippen LogP contribution in [0.2, 0.25) is 0 Å². The van der Waals surface area contributed by atoms with Crippen LogP contribution < -0.4 is 0 Å². The molecule has 3 nitrogen and oxygen atoms in total. The molecule has 82 valence electrons. The molecule has 1 aliphatic rings. The molecule has 0 aromatic heterocycles. The van der Waals surface area contributed by atoms with Crippen molar-refractivity contribution in [2.24, 2.45) is 4.99 Å². The van der Waals surface area contributed by atoms with Crippen LogP contribution in [0.25, 0.3) is 0 Å². The first-order valence-corrected chi connectivity index (χ1v) is 5.69. The molecule has 1 aliphatic heterocycles. The van der Waals surface area contributed by atoms with Crippen molar-refractivity contribution in [2.45, 2.75) is 39.7 Å². The summed E-state index contributed by atoms with van der Waals surface area (Å²) in [5.41, 5.74) is 0. The smallest absolute Gasteiger partial charge is 0.196 e. The molecule has 0 aliphatic carbocycles. The second-order valence-corrected chi connectivity index (χ2v) is 4.29. The number of aliphatic imine (C=N–C) groups is 1. The van der Waals surface area contributed by atoms with E-state index in [-0.39, 0.29) is 0 Å². The molecule has 0 aromatic rings. The lowest BCUT2D eigenvalue weighted by molar-refractivity contribution is 0.444. The maximum Gasteiger partial charge on any atom is 0.196 e. The van der Waals surface area contributed by atoms with E-state index >= 15 is 0 Å². The van der Waals surface area contributed by atoms with Gasteiger partial charge < -0.3 is 9.80 Å². The van der Waals surface area contributed by atoms with Crippen LogP contribution in [0.5, 0.6) is 0 Å². The Morgan fingerprint density at radius 2 is 2.07 bits per heavy atom. The van der Waals surface area contributed by atoms with Gasteiger partial charge in [0, 0.05) is 32.7 Å². The van der Waals surface area contributed by atoms with Gasteiger partial charge in [0.25, 0.3) is 0 Å². The lowest BCUT2D eigenvalue weighted by atomic mass is 10.3. The van der Waals surface area contributed by atoms with Gasteiger partial charge in [0.1, 0.15) is 0 Å². The first-order valence-electron chi connectivity index (χ1n) is 5.69. The van der Waals surface area contributed by atoms with Crippen LogP contribution in [0, 0.1) is 0 Å². The molecule has 0 spiro atoms. The standard InChI is InChI=1S/C11H23N3/c1-5-6-7-14-9-8-13(4)11(14)12-10(2)3/h10H,5-9H2,1-4H3/b12-11+. The van der Waals surface area contributed by atoms with E-state index in [1.165, 1.54) is 18.8 Å². The highest BCUT2D eigenvalue weighted by Gasteiger charge is 2.22. The van der Waals surface area contributed by atoms with Gasteiger partial charge in [-0.3, -0.25) is 4.99 Å². The summed E-state index contributed by atoms with van der Waals surface area (Å²) in [5.74, 6) is 1.19. The van der Waals surface area contributed by atoms with Crippen LogP contribution >= 0.6 is 0 Å².